The zero-order valence-corrected chi connectivity index (χ0v) is 11.6. The summed E-state index contributed by atoms with van der Waals surface area (Å²) in [5, 5.41) is 14.4. The van der Waals surface area contributed by atoms with Crippen LogP contribution in [0.5, 0.6) is 0 Å². The van der Waals surface area contributed by atoms with E-state index in [4.69, 9.17) is 11.6 Å². The fourth-order valence-corrected chi connectivity index (χ4v) is 2.41. The van der Waals surface area contributed by atoms with Crippen molar-refractivity contribution in [3.63, 3.8) is 0 Å². The van der Waals surface area contributed by atoms with Gasteiger partial charge >= 0.3 is 0 Å². The number of rotatable bonds is 4. The first-order chi connectivity index (χ1) is 9.58. The Kier molecular flexibility index (Phi) is 4.79. The van der Waals surface area contributed by atoms with Crippen molar-refractivity contribution < 1.29 is 14.7 Å². The van der Waals surface area contributed by atoms with Crippen LogP contribution in [-0.2, 0) is 16.1 Å². The van der Waals surface area contributed by atoms with E-state index >= 15 is 0 Å². The third-order valence-corrected chi connectivity index (χ3v) is 3.70. The maximum Gasteiger partial charge on any atom is 0.224 e. The number of benzene rings is 1. The van der Waals surface area contributed by atoms with Gasteiger partial charge in [-0.2, -0.15) is 0 Å². The maximum absolute atomic E-state index is 12.1. The molecule has 1 amide bonds. The van der Waals surface area contributed by atoms with Gasteiger partial charge in [0.15, 0.2) is 0 Å². The highest BCUT2D eigenvalue weighted by molar-refractivity contribution is 6.30. The first-order valence-corrected chi connectivity index (χ1v) is 6.83. The van der Waals surface area contributed by atoms with Gasteiger partial charge in [-0.05, 0) is 30.5 Å². The van der Waals surface area contributed by atoms with Gasteiger partial charge < -0.3 is 15.2 Å². The molecule has 0 spiro atoms. The SMILES string of the molecule is O=C([O-])[C@@H]1CC=CC[C@H]1C(=O)NCc1ccc(Cl)cc1. The Balaban J connectivity index is 1.95. The molecule has 1 aliphatic carbocycles. The van der Waals surface area contributed by atoms with Gasteiger partial charge in [0, 0.05) is 29.4 Å². The zero-order chi connectivity index (χ0) is 14.5. The normalized spacial score (nSPS) is 21.4. The van der Waals surface area contributed by atoms with Crippen LogP contribution in [-0.4, -0.2) is 11.9 Å². The Morgan fingerprint density at radius 2 is 1.75 bits per heavy atom. The summed E-state index contributed by atoms with van der Waals surface area (Å²) in [6.07, 6.45) is 4.40. The topological polar surface area (TPSA) is 69.2 Å². The molecule has 0 heterocycles. The number of carboxylic acid groups (broad SMARTS) is 1. The van der Waals surface area contributed by atoms with Gasteiger partial charge in [0.05, 0.1) is 0 Å². The molecule has 5 heteroatoms. The smallest absolute Gasteiger partial charge is 0.224 e. The van der Waals surface area contributed by atoms with Crippen LogP contribution in [0.3, 0.4) is 0 Å². The number of allylic oxidation sites excluding steroid dienone is 2. The molecule has 0 saturated heterocycles. The molecule has 1 aliphatic rings. The molecular weight excluding hydrogens is 278 g/mol. The van der Waals surface area contributed by atoms with E-state index in [2.05, 4.69) is 5.32 Å². The number of aliphatic carboxylic acids is 1. The zero-order valence-electron chi connectivity index (χ0n) is 10.8. The van der Waals surface area contributed by atoms with E-state index in [0.29, 0.717) is 24.4 Å². The van der Waals surface area contributed by atoms with Gasteiger partial charge in [0.2, 0.25) is 5.91 Å². The van der Waals surface area contributed by atoms with Crippen LogP contribution in [0.1, 0.15) is 18.4 Å². The lowest BCUT2D eigenvalue weighted by Gasteiger charge is -2.28. The van der Waals surface area contributed by atoms with Crippen LogP contribution in [0.25, 0.3) is 0 Å². The lowest BCUT2D eigenvalue weighted by atomic mass is 9.82. The summed E-state index contributed by atoms with van der Waals surface area (Å²) >= 11 is 5.78. The molecule has 1 aromatic rings. The molecule has 106 valence electrons. The Labute approximate surface area is 122 Å². The molecule has 0 saturated carbocycles. The Bertz CT molecular complexity index is 524. The van der Waals surface area contributed by atoms with E-state index in [1.54, 1.807) is 18.2 Å². The molecule has 1 aromatic carbocycles. The lowest BCUT2D eigenvalue weighted by Crippen LogP contribution is -2.43. The second-order valence-corrected chi connectivity index (χ2v) is 5.26. The molecule has 20 heavy (non-hydrogen) atoms. The number of nitrogens with one attached hydrogen (secondary N) is 1. The van der Waals surface area contributed by atoms with Crippen molar-refractivity contribution >= 4 is 23.5 Å². The maximum atomic E-state index is 12.1. The van der Waals surface area contributed by atoms with E-state index in [1.165, 1.54) is 0 Å². The minimum absolute atomic E-state index is 0.251. The van der Waals surface area contributed by atoms with Gasteiger partial charge in [0.25, 0.3) is 0 Å². The number of carbonyl (C=O) groups excluding carboxylic acids is 2. The summed E-state index contributed by atoms with van der Waals surface area (Å²) < 4.78 is 0. The largest absolute Gasteiger partial charge is 0.550 e. The van der Waals surface area contributed by atoms with Crippen LogP contribution < -0.4 is 10.4 Å². The molecule has 0 aromatic heterocycles. The summed E-state index contributed by atoms with van der Waals surface area (Å²) in [5.74, 6) is -2.72. The molecule has 0 radical (unpaired) electrons. The third kappa shape index (κ3) is 3.61. The number of halogens is 1. The van der Waals surface area contributed by atoms with Crippen molar-refractivity contribution in [2.75, 3.05) is 0 Å². The van der Waals surface area contributed by atoms with Crippen molar-refractivity contribution in [2.45, 2.75) is 19.4 Å². The van der Waals surface area contributed by atoms with E-state index in [-0.39, 0.29) is 5.91 Å². The van der Waals surface area contributed by atoms with Crippen LogP contribution >= 0.6 is 11.6 Å². The van der Waals surface area contributed by atoms with Gasteiger partial charge in [-0.1, -0.05) is 35.9 Å². The molecule has 4 nitrogen and oxygen atoms in total. The third-order valence-electron chi connectivity index (χ3n) is 3.45. The fraction of sp³-hybridized carbons (Fsp3) is 0.333. The molecule has 0 unspecified atom stereocenters. The van der Waals surface area contributed by atoms with Crippen LogP contribution in [0.2, 0.25) is 5.02 Å². The molecule has 2 atom stereocenters. The van der Waals surface area contributed by atoms with E-state index in [1.807, 2.05) is 18.2 Å². The second kappa shape index (κ2) is 6.57. The first kappa shape index (κ1) is 14.6. The Morgan fingerprint density at radius 1 is 1.15 bits per heavy atom. The van der Waals surface area contributed by atoms with Gasteiger partial charge in [0.1, 0.15) is 0 Å². The average molecular weight is 293 g/mol. The van der Waals surface area contributed by atoms with Gasteiger partial charge in [-0.3, -0.25) is 4.79 Å². The number of hydrogen-bond acceptors (Lipinski definition) is 3. The minimum Gasteiger partial charge on any atom is -0.550 e. The van der Waals surface area contributed by atoms with Gasteiger partial charge in [-0.15, -0.1) is 0 Å². The highest BCUT2D eigenvalue weighted by Crippen LogP contribution is 2.25. The fourth-order valence-electron chi connectivity index (χ4n) is 2.29. The minimum atomic E-state index is -1.17. The number of amides is 1. The second-order valence-electron chi connectivity index (χ2n) is 4.82. The van der Waals surface area contributed by atoms with Crippen LogP contribution in [0.15, 0.2) is 36.4 Å². The van der Waals surface area contributed by atoms with E-state index in [9.17, 15) is 14.7 Å². The summed E-state index contributed by atoms with van der Waals surface area (Å²) in [6, 6.07) is 7.13. The molecular formula is C15H15ClNO3-. The van der Waals surface area contributed by atoms with Crippen LogP contribution in [0, 0.1) is 11.8 Å². The number of carbonyl (C=O) groups is 2. The molecule has 0 aliphatic heterocycles. The first-order valence-electron chi connectivity index (χ1n) is 6.46. The highest BCUT2D eigenvalue weighted by atomic mass is 35.5. The monoisotopic (exact) mass is 292 g/mol. The predicted octanol–water partition coefficient (Wildman–Crippen LogP) is 1.29. The number of hydrogen-bond donors (Lipinski definition) is 1. The van der Waals surface area contributed by atoms with Crippen molar-refractivity contribution in [1.29, 1.82) is 0 Å². The molecule has 0 bridgehead atoms. The quantitative estimate of drug-likeness (QED) is 0.850. The Hall–Kier alpha value is -1.81. The molecule has 2 rings (SSSR count). The van der Waals surface area contributed by atoms with Crippen LogP contribution in [0.4, 0.5) is 0 Å². The summed E-state index contributed by atoms with van der Waals surface area (Å²) in [5.41, 5.74) is 0.916. The number of carboxylic acids is 1. The standard InChI is InChI=1S/C15H16ClNO3/c16-11-7-5-10(6-8-11)9-17-14(18)12-3-1-2-4-13(12)15(19)20/h1-2,5-8,12-13H,3-4,9H2,(H,17,18)(H,19,20)/p-1/t12-,13-/m1/s1. The average Bonchev–Trinajstić information content (AvgIpc) is 2.46. The van der Waals surface area contributed by atoms with E-state index in [0.717, 1.165) is 5.56 Å². The Morgan fingerprint density at radius 3 is 2.35 bits per heavy atom. The summed E-state index contributed by atoms with van der Waals surface area (Å²) in [7, 11) is 0. The lowest BCUT2D eigenvalue weighted by molar-refractivity contribution is -0.313. The highest BCUT2D eigenvalue weighted by Gasteiger charge is 2.29. The molecule has 0 fully saturated rings. The van der Waals surface area contributed by atoms with Crippen molar-refractivity contribution in [2.24, 2.45) is 11.8 Å². The predicted molar refractivity (Wildman–Crippen MR) is 73.7 cm³/mol. The van der Waals surface area contributed by atoms with Gasteiger partial charge in [-0.25, -0.2) is 0 Å². The summed E-state index contributed by atoms with van der Waals surface area (Å²) in [6.45, 7) is 0.357. The van der Waals surface area contributed by atoms with Crippen molar-refractivity contribution in [1.82, 2.24) is 5.32 Å². The van der Waals surface area contributed by atoms with E-state index < -0.39 is 17.8 Å². The van der Waals surface area contributed by atoms with Crippen molar-refractivity contribution in [3.05, 3.63) is 47.0 Å². The van der Waals surface area contributed by atoms with Crippen molar-refractivity contribution in [3.8, 4) is 0 Å². The summed E-state index contributed by atoms with van der Waals surface area (Å²) in [4.78, 5) is 23.1. The molecule has 1 N–H and O–H groups in total.